The molecular weight excluding hydrogens is 291 g/mol. The minimum atomic E-state index is -4.19. The highest BCUT2D eigenvalue weighted by molar-refractivity contribution is 7.92. The quantitative estimate of drug-likeness (QED) is 0.885. The van der Waals surface area contributed by atoms with Gasteiger partial charge in [-0.3, -0.25) is 4.72 Å². The molecule has 0 radical (unpaired) electrons. The van der Waals surface area contributed by atoms with Crippen LogP contribution in [0.1, 0.15) is 5.56 Å². The van der Waals surface area contributed by atoms with Crippen LogP contribution < -0.4 is 4.72 Å². The summed E-state index contributed by atoms with van der Waals surface area (Å²) in [6.07, 6.45) is 0. The second-order valence-electron chi connectivity index (χ2n) is 4.14. The molecule has 0 aromatic heterocycles. The number of nitrogens with one attached hydrogen (secondary N) is 1. The first-order chi connectivity index (χ1) is 9.31. The Morgan fingerprint density at radius 3 is 2.05 bits per heavy atom. The van der Waals surface area contributed by atoms with Crippen LogP contribution in [0.2, 0.25) is 0 Å². The molecule has 2 aromatic rings. The Hall–Kier alpha value is -2.02. The Bertz CT molecular complexity index is 743. The van der Waals surface area contributed by atoms with Crippen molar-refractivity contribution in [1.82, 2.24) is 0 Å². The van der Waals surface area contributed by atoms with E-state index in [2.05, 4.69) is 0 Å². The molecular formula is C13H10F3NO2S. The van der Waals surface area contributed by atoms with Gasteiger partial charge in [0.05, 0.1) is 4.90 Å². The fourth-order valence-electron chi connectivity index (χ4n) is 1.53. The predicted molar refractivity (Wildman–Crippen MR) is 68.3 cm³/mol. The van der Waals surface area contributed by atoms with Crippen LogP contribution in [-0.2, 0) is 10.0 Å². The zero-order valence-electron chi connectivity index (χ0n) is 10.3. The number of hydrogen-bond acceptors (Lipinski definition) is 2. The number of rotatable bonds is 3. The Morgan fingerprint density at radius 1 is 0.900 bits per heavy atom. The van der Waals surface area contributed by atoms with Gasteiger partial charge < -0.3 is 0 Å². The van der Waals surface area contributed by atoms with Gasteiger partial charge in [-0.05, 0) is 31.2 Å². The lowest BCUT2D eigenvalue weighted by molar-refractivity contribution is 0.499. The summed E-state index contributed by atoms with van der Waals surface area (Å²) >= 11 is 0. The third-order valence-electron chi connectivity index (χ3n) is 2.61. The Balaban J connectivity index is 2.43. The molecule has 1 N–H and O–H groups in total. The van der Waals surface area contributed by atoms with Gasteiger partial charge in [0.2, 0.25) is 0 Å². The monoisotopic (exact) mass is 301 g/mol. The zero-order chi connectivity index (χ0) is 14.9. The summed E-state index contributed by atoms with van der Waals surface area (Å²) in [6.45, 7) is 1.76. The fraction of sp³-hybridized carbons (Fsp3) is 0.0769. The molecule has 3 nitrogen and oxygen atoms in total. The van der Waals surface area contributed by atoms with Crippen molar-refractivity contribution in [1.29, 1.82) is 0 Å². The molecule has 0 fully saturated rings. The normalized spacial score (nSPS) is 11.4. The largest absolute Gasteiger partial charge is 0.274 e. The molecule has 106 valence electrons. The summed E-state index contributed by atoms with van der Waals surface area (Å²) in [6, 6.07) is 6.86. The van der Waals surface area contributed by atoms with Gasteiger partial charge in [-0.15, -0.1) is 0 Å². The molecule has 0 aliphatic heterocycles. The summed E-state index contributed by atoms with van der Waals surface area (Å²) < 4.78 is 65.5. The van der Waals surface area contributed by atoms with E-state index >= 15 is 0 Å². The van der Waals surface area contributed by atoms with Crippen molar-refractivity contribution in [2.24, 2.45) is 0 Å². The maximum atomic E-state index is 13.4. The van der Waals surface area contributed by atoms with Crippen molar-refractivity contribution in [3.63, 3.8) is 0 Å². The topological polar surface area (TPSA) is 46.2 Å². The van der Waals surface area contributed by atoms with E-state index in [1.54, 1.807) is 11.6 Å². The molecule has 0 atom stereocenters. The van der Waals surface area contributed by atoms with Crippen LogP contribution in [0.4, 0.5) is 18.9 Å². The fourth-order valence-corrected chi connectivity index (χ4v) is 2.60. The van der Waals surface area contributed by atoms with Crippen molar-refractivity contribution in [2.75, 3.05) is 4.72 Å². The second kappa shape index (κ2) is 5.16. The summed E-state index contributed by atoms with van der Waals surface area (Å²) in [5, 5.41) is 0. The highest BCUT2D eigenvalue weighted by atomic mass is 32.2. The molecule has 2 aromatic carbocycles. The summed E-state index contributed by atoms with van der Waals surface area (Å²) in [5.74, 6) is -4.12. The summed E-state index contributed by atoms with van der Waals surface area (Å²) in [4.78, 5) is -0.175. The van der Waals surface area contributed by atoms with Gasteiger partial charge in [-0.1, -0.05) is 17.7 Å². The van der Waals surface area contributed by atoms with E-state index in [1.807, 2.05) is 0 Å². The SMILES string of the molecule is Cc1ccc(S(=O)(=O)Nc2c(F)ccc(F)c2F)cc1. The van der Waals surface area contributed by atoms with E-state index in [0.29, 0.717) is 12.1 Å². The van der Waals surface area contributed by atoms with Crippen molar-refractivity contribution in [2.45, 2.75) is 11.8 Å². The lowest BCUT2D eigenvalue weighted by Gasteiger charge is -2.10. The molecule has 7 heteroatoms. The Morgan fingerprint density at radius 2 is 1.45 bits per heavy atom. The van der Waals surface area contributed by atoms with Crippen LogP contribution in [-0.4, -0.2) is 8.42 Å². The van der Waals surface area contributed by atoms with Crippen molar-refractivity contribution < 1.29 is 21.6 Å². The number of hydrogen-bond donors (Lipinski definition) is 1. The van der Waals surface area contributed by atoms with Crippen molar-refractivity contribution >= 4 is 15.7 Å². The molecule has 0 aliphatic rings. The van der Waals surface area contributed by atoms with Gasteiger partial charge in [-0.2, -0.15) is 0 Å². The first-order valence-electron chi connectivity index (χ1n) is 5.54. The number of anilines is 1. The molecule has 0 unspecified atom stereocenters. The molecule has 0 bridgehead atoms. The number of benzene rings is 2. The van der Waals surface area contributed by atoms with Crippen LogP contribution in [0.25, 0.3) is 0 Å². The van der Waals surface area contributed by atoms with Gasteiger partial charge in [-0.25, -0.2) is 21.6 Å². The van der Waals surface area contributed by atoms with Crippen LogP contribution >= 0.6 is 0 Å². The van der Waals surface area contributed by atoms with Gasteiger partial charge in [0, 0.05) is 0 Å². The molecule has 0 amide bonds. The van der Waals surface area contributed by atoms with Crippen LogP contribution in [0, 0.1) is 24.4 Å². The predicted octanol–water partition coefficient (Wildman–Crippen LogP) is 3.21. The van der Waals surface area contributed by atoms with Crippen LogP contribution in [0.3, 0.4) is 0 Å². The van der Waals surface area contributed by atoms with E-state index in [-0.39, 0.29) is 4.90 Å². The van der Waals surface area contributed by atoms with E-state index in [4.69, 9.17) is 0 Å². The maximum absolute atomic E-state index is 13.4. The van der Waals surface area contributed by atoms with Gasteiger partial charge >= 0.3 is 0 Å². The molecule has 2 rings (SSSR count). The number of halogens is 3. The maximum Gasteiger partial charge on any atom is 0.262 e. The lowest BCUT2D eigenvalue weighted by atomic mass is 10.2. The highest BCUT2D eigenvalue weighted by Crippen LogP contribution is 2.24. The van der Waals surface area contributed by atoms with Gasteiger partial charge in [0.15, 0.2) is 17.5 Å². The number of aryl methyl sites for hydroxylation is 1. The third-order valence-corrected chi connectivity index (χ3v) is 3.98. The van der Waals surface area contributed by atoms with Crippen molar-refractivity contribution in [3.8, 4) is 0 Å². The van der Waals surface area contributed by atoms with E-state index in [0.717, 1.165) is 5.56 Å². The Labute approximate surface area is 114 Å². The summed E-state index contributed by atoms with van der Waals surface area (Å²) in [7, 11) is -4.19. The second-order valence-corrected chi connectivity index (χ2v) is 5.82. The van der Waals surface area contributed by atoms with E-state index in [9.17, 15) is 21.6 Å². The average molecular weight is 301 g/mol. The first kappa shape index (κ1) is 14.4. The molecule has 20 heavy (non-hydrogen) atoms. The van der Waals surface area contributed by atoms with Crippen molar-refractivity contribution in [3.05, 3.63) is 59.4 Å². The minimum Gasteiger partial charge on any atom is -0.274 e. The van der Waals surface area contributed by atoms with Gasteiger partial charge in [0.25, 0.3) is 10.0 Å². The lowest BCUT2D eigenvalue weighted by Crippen LogP contribution is -2.15. The first-order valence-corrected chi connectivity index (χ1v) is 7.02. The molecule has 0 heterocycles. The average Bonchev–Trinajstić information content (AvgIpc) is 2.40. The highest BCUT2D eigenvalue weighted by Gasteiger charge is 2.21. The van der Waals surface area contributed by atoms with E-state index < -0.39 is 33.2 Å². The smallest absolute Gasteiger partial charge is 0.262 e. The zero-order valence-corrected chi connectivity index (χ0v) is 11.1. The third kappa shape index (κ3) is 2.77. The molecule has 0 spiro atoms. The standard InChI is InChI=1S/C13H10F3NO2S/c1-8-2-4-9(5-3-8)20(18,19)17-13-11(15)7-6-10(14)12(13)16/h2-7,17H,1H3. The van der Waals surface area contributed by atoms with Crippen LogP contribution in [0.5, 0.6) is 0 Å². The van der Waals surface area contributed by atoms with Crippen LogP contribution in [0.15, 0.2) is 41.3 Å². The molecule has 0 aliphatic carbocycles. The minimum absolute atomic E-state index is 0.175. The van der Waals surface area contributed by atoms with E-state index in [1.165, 1.54) is 24.3 Å². The molecule has 0 saturated carbocycles. The summed E-state index contributed by atoms with van der Waals surface area (Å²) in [5.41, 5.74) is -0.211. The number of sulfonamides is 1. The molecule has 0 saturated heterocycles. The van der Waals surface area contributed by atoms with Gasteiger partial charge in [0.1, 0.15) is 5.69 Å². The Kier molecular flexibility index (Phi) is 3.71.